The fourth-order valence-corrected chi connectivity index (χ4v) is 2.66. The van der Waals surface area contributed by atoms with E-state index in [4.69, 9.17) is 9.84 Å². The second kappa shape index (κ2) is 7.04. The molecule has 1 amide bonds. The minimum absolute atomic E-state index is 0.0990. The zero-order valence-electron chi connectivity index (χ0n) is 11.7. The maximum Gasteiger partial charge on any atom is 0.332 e. The van der Waals surface area contributed by atoms with E-state index in [9.17, 15) is 9.59 Å². The molecule has 3 unspecified atom stereocenters. The van der Waals surface area contributed by atoms with Crippen LogP contribution < -0.4 is 5.32 Å². The average molecular weight is 356 g/mol. The third-order valence-corrected chi connectivity index (χ3v) is 4.11. The zero-order valence-corrected chi connectivity index (χ0v) is 13.3. The van der Waals surface area contributed by atoms with E-state index in [1.165, 1.54) is 0 Å². The molecule has 0 saturated carbocycles. The molecule has 0 aliphatic carbocycles. The van der Waals surface area contributed by atoms with Crippen molar-refractivity contribution in [3.63, 3.8) is 0 Å². The maximum atomic E-state index is 12.2. The first-order valence-electron chi connectivity index (χ1n) is 6.95. The van der Waals surface area contributed by atoms with Gasteiger partial charge in [-0.05, 0) is 37.0 Å². The third kappa shape index (κ3) is 4.04. The number of rotatable bonds is 5. The summed E-state index contributed by atoms with van der Waals surface area (Å²) >= 11 is 3.38. The van der Waals surface area contributed by atoms with Crippen molar-refractivity contribution < 1.29 is 19.4 Å². The highest BCUT2D eigenvalue weighted by molar-refractivity contribution is 9.10. The maximum absolute atomic E-state index is 12.2. The van der Waals surface area contributed by atoms with Gasteiger partial charge in [0.15, 0.2) is 6.10 Å². The molecule has 2 N–H and O–H groups in total. The van der Waals surface area contributed by atoms with E-state index in [0.717, 1.165) is 16.5 Å². The van der Waals surface area contributed by atoms with E-state index < -0.39 is 18.2 Å². The van der Waals surface area contributed by atoms with Crippen molar-refractivity contribution in [2.75, 3.05) is 0 Å². The standard InChI is InChI=1S/C15H18BrNO4/c1-2-11(9-3-5-10(16)6-4-9)17-14(18)12-7-8-13(21-12)15(19)20/h3-6,11-13H,2,7-8H2,1H3,(H,17,18)(H,19,20). The first-order chi connectivity index (χ1) is 10.0. The van der Waals surface area contributed by atoms with E-state index in [1.54, 1.807) is 0 Å². The SMILES string of the molecule is CCC(NC(=O)C1CCC(C(=O)O)O1)c1ccc(Br)cc1. The molecule has 0 spiro atoms. The van der Waals surface area contributed by atoms with Gasteiger partial charge in [0.05, 0.1) is 6.04 Å². The summed E-state index contributed by atoms with van der Waals surface area (Å²) in [5.74, 6) is -1.25. The summed E-state index contributed by atoms with van der Waals surface area (Å²) in [5, 5.41) is 11.8. The Balaban J connectivity index is 1.97. The average Bonchev–Trinajstić information content (AvgIpc) is 2.96. The summed E-state index contributed by atoms with van der Waals surface area (Å²) in [5.41, 5.74) is 1.02. The highest BCUT2D eigenvalue weighted by Gasteiger charge is 2.35. The van der Waals surface area contributed by atoms with Crippen LogP contribution in [0.25, 0.3) is 0 Å². The van der Waals surface area contributed by atoms with Gasteiger partial charge in [0.1, 0.15) is 6.10 Å². The summed E-state index contributed by atoms with van der Waals surface area (Å²) in [4.78, 5) is 23.0. The quantitative estimate of drug-likeness (QED) is 0.851. The molecule has 0 aromatic heterocycles. The fraction of sp³-hybridized carbons (Fsp3) is 0.467. The Kier molecular flexibility index (Phi) is 5.36. The highest BCUT2D eigenvalue weighted by Crippen LogP contribution is 2.23. The lowest BCUT2D eigenvalue weighted by Crippen LogP contribution is -2.37. The number of carbonyl (C=O) groups excluding carboxylic acids is 1. The van der Waals surface area contributed by atoms with Gasteiger partial charge in [-0.3, -0.25) is 4.79 Å². The molecule has 1 aliphatic heterocycles. The second-order valence-electron chi connectivity index (χ2n) is 5.05. The van der Waals surface area contributed by atoms with Crippen LogP contribution in [0.3, 0.4) is 0 Å². The van der Waals surface area contributed by atoms with Gasteiger partial charge in [-0.1, -0.05) is 35.0 Å². The molecule has 5 nitrogen and oxygen atoms in total. The van der Waals surface area contributed by atoms with Gasteiger partial charge >= 0.3 is 5.97 Å². The number of halogens is 1. The summed E-state index contributed by atoms with van der Waals surface area (Å²) in [6.45, 7) is 1.99. The van der Waals surface area contributed by atoms with Gasteiger partial charge in [-0.2, -0.15) is 0 Å². The molecule has 21 heavy (non-hydrogen) atoms. The topological polar surface area (TPSA) is 75.6 Å². The van der Waals surface area contributed by atoms with Crippen molar-refractivity contribution in [2.45, 2.75) is 44.4 Å². The number of carboxylic acids is 1. The Labute approximate surface area is 131 Å². The Bertz CT molecular complexity index is 517. The predicted molar refractivity (Wildman–Crippen MR) is 80.8 cm³/mol. The second-order valence-corrected chi connectivity index (χ2v) is 5.97. The molecule has 1 aromatic rings. The number of carbonyl (C=O) groups is 2. The van der Waals surface area contributed by atoms with Crippen molar-refractivity contribution in [1.82, 2.24) is 5.32 Å². The monoisotopic (exact) mass is 355 g/mol. The van der Waals surface area contributed by atoms with E-state index >= 15 is 0 Å². The number of hydrogen-bond acceptors (Lipinski definition) is 3. The van der Waals surface area contributed by atoms with Crippen LogP contribution in [0.5, 0.6) is 0 Å². The first kappa shape index (κ1) is 16.0. The van der Waals surface area contributed by atoms with Gasteiger partial charge in [0.2, 0.25) is 5.91 Å². The molecular weight excluding hydrogens is 338 g/mol. The summed E-state index contributed by atoms with van der Waals surface area (Å²) in [6.07, 6.45) is 0.0361. The number of nitrogens with one attached hydrogen (secondary N) is 1. The van der Waals surface area contributed by atoms with Crippen LogP contribution in [-0.2, 0) is 14.3 Å². The molecule has 1 aromatic carbocycles. The number of hydrogen-bond donors (Lipinski definition) is 2. The van der Waals surface area contributed by atoms with Gasteiger partial charge in [-0.15, -0.1) is 0 Å². The molecule has 1 aliphatic rings. The number of aliphatic carboxylic acids is 1. The summed E-state index contributed by atoms with van der Waals surface area (Å²) < 4.78 is 6.25. The van der Waals surface area contributed by atoms with E-state index in [0.29, 0.717) is 12.8 Å². The van der Waals surface area contributed by atoms with Crippen LogP contribution in [-0.4, -0.2) is 29.2 Å². The van der Waals surface area contributed by atoms with E-state index in [1.807, 2.05) is 31.2 Å². The minimum atomic E-state index is -1.01. The van der Waals surface area contributed by atoms with E-state index in [-0.39, 0.29) is 11.9 Å². The summed E-state index contributed by atoms with van der Waals surface area (Å²) in [7, 11) is 0. The Morgan fingerprint density at radius 2 is 1.95 bits per heavy atom. The lowest BCUT2D eigenvalue weighted by molar-refractivity contribution is -0.151. The number of benzene rings is 1. The van der Waals surface area contributed by atoms with Gasteiger partial charge in [-0.25, -0.2) is 4.79 Å². The molecule has 0 radical (unpaired) electrons. The Morgan fingerprint density at radius 3 is 2.48 bits per heavy atom. The van der Waals surface area contributed by atoms with Crippen LogP contribution in [0.15, 0.2) is 28.7 Å². The lowest BCUT2D eigenvalue weighted by Gasteiger charge is -2.20. The Morgan fingerprint density at radius 1 is 1.33 bits per heavy atom. The van der Waals surface area contributed by atoms with Crippen LogP contribution in [0.1, 0.15) is 37.8 Å². The van der Waals surface area contributed by atoms with Crippen LogP contribution >= 0.6 is 15.9 Å². The predicted octanol–water partition coefficient (Wildman–Crippen LogP) is 2.65. The number of amides is 1. The molecule has 114 valence electrons. The molecule has 1 fully saturated rings. The summed E-state index contributed by atoms with van der Waals surface area (Å²) in [6, 6.07) is 7.66. The number of ether oxygens (including phenoxy) is 1. The van der Waals surface area contributed by atoms with Crippen molar-refractivity contribution in [3.8, 4) is 0 Å². The van der Waals surface area contributed by atoms with Gasteiger partial charge in [0, 0.05) is 4.47 Å². The molecule has 6 heteroatoms. The molecular formula is C15H18BrNO4. The van der Waals surface area contributed by atoms with Crippen molar-refractivity contribution >= 4 is 27.8 Å². The largest absolute Gasteiger partial charge is 0.479 e. The van der Waals surface area contributed by atoms with Crippen LogP contribution in [0.2, 0.25) is 0 Å². The van der Waals surface area contributed by atoms with Crippen LogP contribution in [0.4, 0.5) is 0 Å². The van der Waals surface area contributed by atoms with Crippen molar-refractivity contribution in [3.05, 3.63) is 34.3 Å². The molecule has 0 bridgehead atoms. The molecule has 1 heterocycles. The van der Waals surface area contributed by atoms with Gasteiger partial charge < -0.3 is 15.2 Å². The number of carboxylic acid groups (broad SMARTS) is 1. The van der Waals surface area contributed by atoms with Crippen LogP contribution in [0, 0.1) is 0 Å². The fourth-order valence-electron chi connectivity index (χ4n) is 2.39. The third-order valence-electron chi connectivity index (χ3n) is 3.58. The van der Waals surface area contributed by atoms with Crippen molar-refractivity contribution in [1.29, 1.82) is 0 Å². The minimum Gasteiger partial charge on any atom is -0.479 e. The normalized spacial score (nSPS) is 22.8. The first-order valence-corrected chi connectivity index (χ1v) is 7.74. The molecule has 2 rings (SSSR count). The van der Waals surface area contributed by atoms with E-state index in [2.05, 4.69) is 21.2 Å². The van der Waals surface area contributed by atoms with Gasteiger partial charge in [0.25, 0.3) is 0 Å². The lowest BCUT2D eigenvalue weighted by atomic mass is 10.0. The molecule has 1 saturated heterocycles. The molecule has 3 atom stereocenters. The zero-order chi connectivity index (χ0) is 15.4. The highest BCUT2D eigenvalue weighted by atomic mass is 79.9. The van der Waals surface area contributed by atoms with Crippen molar-refractivity contribution in [2.24, 2.45) is 0 Å². The smallest absolute Gasteiger partial charge is 0.332 e. The Hall–Kier alpha value is -1.40.